The van der Waals surface area contributed by atoms with Gasteiger partial charge >= 0.3 is 6.03 Å². The Hall–Kier alpha value is -2.17. The van der Waals surface area contributed by atoms with E-state index in [1.165, 1.54) is 0 Å². The van der Waals surface area contributed by atoms with Crippen LogP contribution in [0, 0.1) is 0 Å². The van der Waals surface area contributed by atoms with E-state index >= 15 is 0 Å². The lowest BCUT2D eigenvalue weighted by atomic mass is 9.76. The lowest BCUT2D eigenvalue weighted by Crippen LogP contribution is -2.56. The second-order valence-corrected chi connectivity index (χ2v) is 4.97. The van der Waals surface area contributed by atoms with Gasteiger partial charge in [-0.2, -0.15) is 4.99 Å². The summed E-state index contributed by atoms with van der Waals surface area (Å²) in [6.45, 7) is 5.55. The molecule has 0 spiro atoms. The van der Waals surface area contributed by atoms with Crippen molar-refractivity contribution in [1.29, 1.82) is 0 Å². The topological polar surface area (TPSA) is 67.8 Å². The summed E-state index contributed by atoms with van der Waals surface area (Å²) in [5.41, 5.74) is -0.272. The lowest BCUT2D eigenvalue weighted by molar-refractivity contribution is -0.124. The van der Waals surface area contributed by atoms with E-state index in [9.17, 15) is 9.59 Å². The first-order chi connectivity index (χ1) is 9.50. The van der Waals surface area contributed by atoms with Crippen molar-refractivity contribution in [2.24, 2.45) is 4.99 Å². The first-order valence-corrected chi connectivity index (χ1v) is 6.67. The minimum atomic E-state index is -1.04. The highest BCUT2D eigenvalue weighted by molar-refractivity contribution is 6.21. The predicted molar refractivity (Wildman–Crippen MR) is 75.6 cm³/mol. The molecule has 5 nitrogen and oxygen atoms in total. The van der Waals surface area contributed by atoms with Crippen LogP contribution in [0.15, 0.2) is 35.3 Å². The van der Waals surface area contributed by atoms with Gasteiger partial charge in [-0.15, -0.1) is 0 Å². The molecule has 1 aromatic rings. The molecule has 0 aromatic heterocycles. The predicted octanol–water partition coefficient (Wildman–Crippen LogP) is 2.41. The summed E-state index contributed by atoms with van der Waals surface area (Å²) >= 11 is 0. The van der Waals surface area contributed by atoms with Crippen molar-refractivity contribution in [3.8, 4) is 0 Å². The SMILES string of the molecule is CCC1(c2ccccc2)C(=O)NC(=O)N=C1OC(C)C. The molecule has 3 amide bonds. The number of nitrogens with one attached hydrogen (secondary N) is 1. The van der Waals surface area contributed by atoms with Gasteiger partial charge in [-0.3, -0.25) is 10.1 Å². The Morgan fingerprint density at radius 2 is 1.90 bits per heavy atom. The Kier molecular flexibility index (Phi) is 3.88. The summed E-state index contributed by atoms with van der Waals surface area (Å²) in [4.78, 5) is 27.9. The smallest absolute Gasteiger partial charge is 0.350 e. The number of ether oxygens (including phenoxy) is 1. The normalized spacial score (nSPS) is 22.5. The summed E-state index contributed by atoms with van der Waals surface area (Å²) < 4.78 is 5.66. The zero-order valence-electron chi connectivity index (χ0n) is 11.8. The number of hydrogen-bond donors (Lipinski definition) is 1. The maximum atomic E-state index is 12.5. The van der Waals surface area contributed by atoms with Gasteiger partial charge in [-0.25, -0.2) is 4.79 Å². The van der Waals surface area contributed by atoms with Crippen molar-refractivity contribution in [1.82, 2.24) is 5.32 Å². The van der Waals surface area contributed by atoms with Crippen LogP contribution in [0.1, 0.15) is 32.8 Å². The average Bonchev–Trinajstić information content (AvgIpc) is 2.39. The third kappa shape index (κ3) is 2.31. The number of carbonyl (C=O) groups is 2. The Labute approximate surface area is 118 Å². The fraction of sp³-hybridized carbons (Fsp3) is 0.400. The average molecular weight is 274 g/mol. The Bertz CT molecular complexity index is 551. The molecule has 1 unspecified atom stereocenters. The van der Waals surface area contributed by atoms with Crippen molar-refractivity contribution in [3.05, 3.63) is 35.9 Å². The number of nitrogens with zero attached hydrogens (tertiary/aromatic N) is 1. The van der Waals surface area contributed by atoms with E-state index in [0.29, 0.717) is 6.42 Å². The molecule has 20 heavy (non-hydrogen) atoms. The quantitative estimate of drug-likeness (QED) is 0.920. The Morgan fingerprint density at radius 3 is 2.45 bits per heavy atom. The van der Waals surface area contributed by atoms with E-state index in [4.69, 9.17) is 4.74 Å². The number of amides is 3. The molecule has 0 fully saturated rings. The standard InChI is InChI=1S/C15H18N2O3/c1-4-15(11-8-6-5-7-9-11)12(18)16-14(19)17-13(15)20-10(2)3/h5-10H,4H2,1-3H3,(H,16,18,19). The molecule has 1 atom stereocenters. The highest BCUT2D eigenvalue weighted by Gasteiger charge is 2.49. The third-order valence-corrected chi connectivity index (χ3v) is 3.32. The highest BCUT2D eigenvalue weighted by atomic mass is 16.5. The molecule has 1 aromatic carbocycles. The minimum absolute atomic E-state index is 0.165. The van der Waals surface area contributed by atoms with Gasteiger partial charge in [0, 0.05) is 0 Å². The fourth-order valence-electron chi connectivity index (χ4n) is 2.36. The van der Waals surface area contributed by atoms with Gasteiger partial charge in [0.1, 0.15) is 5.41 Å². The number of carbonyl (C=O) groups excluding carboxylic acids is 2. The molecule has 1 aliphatic heterocycles. The summed E-state index contributed by atoms with van der Waals surface area (Å²) in [5.74, 6) is -0.211. The molecule has 1 heterocycles. The number of benzene rings is 1. The van der Waals surface area contributed by atoms with E-state index < -0.39 is 11.4 Å². The number of rotatable bonds is 3. The van der Waals surface area contributed by atoms with Gasteiger partial charge < -0.3 is 4.74 Å². The number of hydrogen-bond acceptors (Lipinski definition) is 3. The molecule has 1 N–H and O–H groups in total. The molecule has 5 heteroatoms. The van der Waals surface area contributed by atoms with Crippen molar-refractivity contribution >= 4 is 17.8 Å². The molecule has 0 saturated carbocycles. The second-order valence-electron chi connectivity index (χ2n) is 4.97. The largest absolute Gasteiger partial charge is 0.477 e. The van der Waals surface area contributed by atoms with Crippen LogP contribution in [0.2, 0.25) is 0 Å². The first kappa shape index (κ1) is 14.2. The summed E-state index contributed by atoms with van der Waals surface area (Å²) in [6.07, 6.45) is 0.295. The summed E-state index contributed by atoms with van der Waals surface area (Å²) in [6, 6.07) is 8.59. The molecule has 0 aliphatic carbocycles. The molecular weight excluding hydrogens is 256 g/mol. The zero-order valence-corrected chi connectivity index (χ0v) is 11.8. The van der Waals surface area contributed by atoms with E-state index in [2.05, 4.69) is 10.3 Å². The van der Waals surface area contributed by atoms with Crippen molar-refractivity contribution in [3.63, 3.8) is 0 Å². The highest BCUT2D eigenvalue weighted by Crippen LogP contribution is 2.33. The number of aliphatic imine (C=N–C) groups is 1. The monoisotopic (exact) mass is 274 g/mol. The molecule has 0 bridgehead atoms. The molecule has 1 aliphatic rings. The van der Waals surface area contributed by atoms with Gasteiger partial charge in [-0.1, -0.05) is 37.3 Å². The summed E-state index contributed by atoms with van der Waals surface area (Å²) in [7, 11) is 0. The fourth-order valence-corrected chi connectivity index (χ4v) is 2.36. The van der Waals surface area contributed by atoms with Crippen LogP contribution in [0.25, 0.3) is 0 Å². The maximum Gasteiger partial charge on any atom is 0.350 e. The van der Waals surface area contributed by atoms with Gasteiger partial charge in [0.05, 0.1) is 6.10 Å². The Morgan fingerprint density at radius 1 is 1.25 bits per heavy atom. The van der Waals surface area contributed by atoms with E-state index in [1.807, 2.05) is 51.1 Å². The molecular formula is C15H18N2O3. The van der Waals surface area contributed by atoms with Crippen LogP contribution in [-0.2, 0) is 14.9 Å². The van der Waals surface area contributed by atoms with Gasteiger partial charge in [0.15, 0.2) is 0 Å². The van der Waals surface area contributed by atoms with Crippen LogP contribution < -0.4 is 5.32 Å². The molecule has 0 saturated heterocycles. The number of imide groups is 1. The second kappa shape index (κ2) is 5.45. The van der Waals surface area contributed by atoms with Gasteiger partial charge in [-0.05, 0) is 25.8 Å². The van der Waals surface area contributed by atoms with Crippen LogP contribution in [0.5, 0.6) is 0 Å². The van der Waals surface area contributed by atoms with E-state index in [0.717, 1.165) is 5.56 Å². The molecule has 0 radical (unpaired) electrons. The molecule has 106 valence electrons. The van der Waals surface area contributed by atoms with Crippen LogP contribution in [0.4, 0.5) is 4.79 Å². The van der Waals surface area contributed by atoms with Gasteiger partial charge in [0.2, 0.25) is 11.8 Å². The van der Waals surface area contributed by atoms with Crippen molar-refractivity contribution < 1.29 is 14.3 Å². The van der Waals surface area contributed by atoms with Crippen molar-refractivity contribution in [2.75, 3.05) is 0 Å². The number of urea groups is 1. The summed E-state index contributed by atoms with van der Waals surface area (Å²) in [5, 5.41) is 2.28. The first-order valence-electron chi connectivity index (χ1n) is 6.67. The van der Waals surface area contributed by atoms with E-state index in [-0.39, 0.29) is 17.9 Å². The maximum absolute atomic E-state index is 12.5. The molecule has 2 rings (SSSR count). The Balaban J connectivity index is 2.59. The zero-order chi connectivity index (χ0) is 14.8. The van der Waals surface area contributed by atoms with E-state index in [1.54, 1.807) is 0 Å². The van der Waals surface area contributed by atoms with Crippen LogP contribution in [-0.4, -0.2) is 23.9 Å². The minimum Gasteiger partial charge on any atom is -0.477 e. The third-order valence-electron chi connectivity index (χ3n) is 3.32. The van der Waals surface area contributed by atoms with Gasteiger partial charge in [0.25, 0.3) is 0 Å². The van der Waals surface area contributed by atoms with Crippen LogP contribution in [0.3, 0.4) is 0 Å². The van der Waals surface area contributed by atoms with Crippen molar-refractivity contribution in [2.45, 2.75) is 38.7 Å². The van der Waals surface area contributed by atoms with Crippen LogP contribution >= 0.6 is 0 Å². The lowest BCUT2D eigenvalue weighted by Gasteiger charge is -2.35.